The van der Waals surface area contributed by atoms with Gasteiger partial charge in [-0.2, -0.15) is 5.21 Å². The van der Waals surface area contributed by atoms with Crippen molar-refractivity contribution in [2.75, 3.05) is 13.1 Å². The van der Waals surface area contributed by atoms with E-state index in [9.17, 15) is 9.59 Å². The van der Waals surface area contributed by atoms with Crippen LogP contribution >= 0.6 is 0 Å². The molecule has 138 valence electrons. The number of tetrazole rings is 1. The molecule has 0 unspecified atom stereocenters. The fraction of sp³-hybridized carbons (Fsp3) is 0.471. The topological polar surface area (TPSA) is 116 Å². The van der Waals surface area contributed by atoms with Gasteiger partial charge in [0.15, 0.2) is 0 Å². The summed E-state index contributed by atoms with van der Waals surface area (Å²) in [4.78, 5) is 26.6. The predicted molar refractivity (Wildman–Crippen MR) is 94.7 cm³/mol. The van der Waals surface area contributed by atoms with E-state index in [0.29, 0.717) is 18.9 Å². The molecular weight excluding hydrogens is 334 g/mol. The number of amides is 2. The Bertz CT molecular complexity index is 760. The van der Waals surface area contributed by atoms with Gasteiger partial charge in [0.2, 0.25) is 17.6 Å². The molecule has 0 saturated carbocycles. The predicted octanol–water partition coefficient (Wildman–Crippen LogP) is 0.0818. The Labute approximate surface area is 151 Å². The van der Waals surface area contributed by atoms with Crippen molar-refractivity contribution in [1.29, 1.82) is 0 Å². The van der Waals surface area contributed by atoms with Crippen molar-refractivity contribution >= 4 is 11.8 Å². The lowest BCUT2D eigenvalue weighted by Crippen LogP contribution is -2.58. The monoisotopic (exact) mass is 357 g/mol. The normalized spacial score (nSPS) is 18.0. The molecule has 0 aliphatic carbocycles. The minimum Gasteiger partial charge on any atom is -0.353 e. The van der Waals surface area contributed by atoms with E-state index in [-0.39, 0.29) is 24.3 Å². The van der Waals surface area contributed by atoms with E-state index in [1.807, 2.05) is 38.1 Å². The number of hydrogen-bond acceptors (Lipinski definition) is 6. The highest BCUT2D eigenvalue weighted by Crippen LogP contribution is 2.15. The van der Waals surface area contributed by atoms with Gasteiger partial charge in [0, 0.05) is 31.2 Å². The zero-order valence-corrected chi connectivity index (χ0v) is 14.9. The van der Waals surface area contributed by atoms with Crippen LogP contribution in [-0.2, 0) is 16.1 Å². The van der Waals surface area contributed by atoms with E-state index in [2.05, 4.69) is 36.2 Å². The van der Waals surface area contributed by atoms with Crippen LogP contribution in [0.15, 0.2) is 24.3 Å². The maximum Gasteiger partial charge on any atom is 0.237 e. The first-order valence-corrected chi connectivity index (χ1v) is 8.67. The molecular formula is C17H23N7O2. The molecule has 1 aromatic carbocycles. The number of aromatic amines is 1. The molecule has 3 rings (SSSR count). The second-order valence-corrected chi connectivity index (χ2v) is 6.56. The van der Waals surface area contributed by atoms with Gasteiger partial charge >= 0.3 is 0 Å². The van der Waals surface area contributed by atoms with Crippen molar-refractivity contribution in [3.63, 3.8) is 0 Å². The van der Waals surface area contributed by atoms with Gasteiger partial charge in [0.05, 0.1) is 12.5 Å². The van der Waals surface area contributed by atoms with Crippen molar-refractivity contribution in [2.45, 2.75) is 38.9 Å². The molecule has 1 fully saturated rings. The van der Waals surface area contributed by atoms with Crippen LogP contribution in [0.3, 0.4) is 0 Å². The number of nitrogens with zero attached hydrogens (tertiary/aromatic N) is 4. The summed E-state index contributed by atoms with van der Waals surface area (Å²) >= 11 is 0. The van der Waals surface area contributed by atoms with Crippen LogP contribution in [0, 0.1) is 0 Å². The van der Waals surface area contributed by atoms with Crippen LogP contribution in [0.5, 0.6) is 0 Å². The van der Waals surface area contributed by atoms with Gasteiger partial charge < -0.3 is 10.6 Å². The van der Waals surface area contributed by atoms with Gasteiger partial charge in [-0.1, -0.05) is 18.2 Å². The maximum atomic E-state index is 12.4. The molecule has 9 nitrogen and oxygen atoms in total. The fourth-order valence-corrected chi connectivity index (χ4v) is 3.11. The van der Waals surface area contributed by atoms with Gasteiger partial charge in [-0.25, -0.2) is 0 Å². The molecule has 1 aromatic heterocycles. The van der Waals surface area contributed by atoms with Gasteiger partial charge in [0.1, 0.15) is 0 Å². The molecule has 0 radical (unpaired) electrons. The van der Waals surface area contributed by atoms with Crippen LogP contribution in [0.25, 0.3) is 11.4 Å². The summed E-state index contributed by atoms with van der Waals surface area (Å²) in [5.41, 5.74) is 1.75. The van der Waals surface area contributed by atoms with Crippen molar-refractivity contribution < 1.29 is 9.59 Å². The van der Waals surface area contributed by atoms with Gasteiger partial charge in [-0.15, -0.1) is 10.2 Å². The van der Waals surface area contributed by atoms with Gasteiger partial charge in [-0.3, -0.25) is 14.5 Å². The first-order valence-electron chi connectivity index (χ1n) is 8.67. The maximum absolute atomic E-state index is 12.4. The molecule has 1 atom stereocenters. The van der Waals surface area contributed by atoms with E-state index in [4.69, 9.17) is 0 Å². The van der Waals surface area contributed by atoms with Crippen molar-refractivity contribution in [2.24, 2.45) is 0 Å². The molecule has 2 aromatic rings. The van der Waals surface area contributed by atoms with Crippen LogP contribution < -0.4 is 10.6 Å². The molecule has 26 heavy (non-hydrogen) atoms. The lowest BCUT2D eigenvalue weighted by Gasteiger charge is -2.37. The highest BCUT2D eigenvalue weighted by Gasteiger charge is 2.32. The Morgan fingerprint density at radius 1 is 1.42 bits per heavy atom. The number of rotatable bonds is 6. The van der Waals surface area contributed by atoms with Crippen LogP contribution in [-0.4, -0.2) is 62.5 Å². The highest BCUT2D eigenvalue weighted by molar-refractivity contribution is 5.88. The van der Waals surface area contributed by atoms with E-state index in [1.165, 1.54) is 0 Å². The Hall–Kier alpha value is -2.81. The molecule has 1 aliphatic heterocycles. The zero-order valence-electron chi connectivity index (χ0n) is 14.9. The second kappa shape index (κ2) is 8.05. The molecule has 2 heterocycles. The van der Waals surface area contributed by atoms with E-state index in [1.54, 1.807) is 0 Å². The minimum absolute atomic E-state index is 0.0841. The molecule has 1 saturated heterocycles. The molecule has 0 bridgehead atoms. The third-order valence-electron chi connectivity index (χ3n) is 4.43. The number of aromatic nitrogens is 4. The SMILES string of the molecule is CC(C)N1CCNC(=O)[C@H]1CC(=O)NCc1cccc(-c2nn[nH]n2)c1. The van der Waals surface area contributed by atoms with Crippen molar-refractivity contribution in [3.8, 4) is 11.4 Å². The number of H-pyrrole nitrogens is 1. The van der Waals surface area contributed by atoms with Crippen LogP contribution in [0.2, 0.25) is 0 Å². The number of piperazine rings is 1. The average molecular weight is 357 g/mol. The lowest BCUT2D eigenvalue weighted by molar-refractivity contribution is -0.134. The molecule has 9 heteroatoms. The van der Waals surface area contributed by atoms with Gasteiger partial charge in [0.25, 0.3) is 0 Å². The second-order valence-electron chi connectivity index (χ2n) is 6.56. The number of carbonyl (C=O) groups is 2. The average Bonchev–Trinajstić information content (AvgIpc) is 3.16. The van der Waals surface area contributed by atoms with E-state index < -0.39 is 6.04 Å². The summed E-state index contributed by atoms with van der Waals surface area (Å²) in [6.45, 7) is 5.83. The Morgan fingerprint density at radius 2 is 2.27 bits per heavy atom. The highest BCUT2D eigenvalue weighted by atomic mass is 16.2. The summed E-state index contributed by atoms with van der Waals surface area (Å²) in [5.74, 6) is 0.270. The first-order chi connectivity index (χ1) is 12.5. The Balaban J connectivity index is 1.58. The Kier molecular flexibility index (Phi) is 5.57. The lowest BCUT2D eigenvalue weighted by atomic mass is 10.1. The largest absolute Gasteiger partial charge is 0.353 e. The third-order valence-corrected chi connectivity index (χ3v) is 4.43. The summed E-state index contributed by atoms with van der Waals surface area (Å²) < 4.78 is 0. The fourth-order valence-electron chi connectivity index (χ4n) is 3.11. The van der Waals surface area contributed by atoms with E-state index >= 15 is 0 Å². The number of hydrogen-bond donors (Lipinski definition) is 3. The van der Waals surface area contributed by atoms with E-state index in [0.717, 1.165) is 17.7 Å². The molecule has 1 aliphatic rings. The summed E-state index contributed by atoms with van der Waals surface area (Å²) in [6, 6.07) is 7.36. The summed E-state index contributed by atoms with van der Waals surface area (Å²) in [7, 11) is 0. The number of benzene rings is 1. The quantitative estimate of drug-likeness (QED) is 0.674. The Morgan fingerprint density at radius 3 is 3.00 bits per heavy atom. The van der Waals surface area contributed by atoms with Gasteiger partial charge in [-0.05, 0) is 30.7 Å². The van der Waals surface area contributed by atoms with Crippen LogP contribution in [0.1, 0.15) is 25.8 Å². The van der Waals surface area contributed by atoms with Crippen molar-refractivity contribution in [3.05, 3.63) is 29.8 Å². The summed E-state index contributed by atoms with van der Waals surface area (Å²) in [5, 5.41) is 19.6. The third kappa shape index (κ3) is 4.23. The number of nitrogens with one attached hydrogen (secondary N) is 3. The smallest absolute Gasteiger partial charge is 0.237 e. The zero-order chi connectivity index (χ0) is 18.5. The van der Waals surface area contributed by atoms with Crippen molar-refractivity contribution in [1.82, 2.24) is 36.2 Å². The summed E-state index contributed by atoms with van der Waals surface area (Å²) in [6.07, 6.45) is 0.147. The van der Waals surface area contributed by atoms with Crippen LogP contribution in [0.4, 0.5) is 0 Å². The molecule has 3 N–H and O–H groups in total. The standard InChI is InChI=1S/C17H23N7O2/c1-11(2)24-7-6-18-17(26)14(24)9-15(25)19-10-12-4-3-5-13(8-12)16-20-22-23-21-16/h3-5,8,11,14H,6-7,9-10H2,1-2H3,(H,18,26)(H,19,25)(H,20,21,22,23)/t14-/m1/s1. The minimum atomic E-state index is -0.422. The molecule has 2 amide bonds. The first kappa shape index (κ1) is 18.0. The number of carbonyl (C=O) groups excluding carboxylic acids is 2. The molecule has 0 spiro atoms.